The SMILES string of the molecule is CCCC/C=C1\CCCCC1CC(=O)c1ccccc1. The van der Waals surface area contributed by atoms with Crippen molar-refractivity contribution in [2.75, 3.05) is 0 Å². The zero-order valence-electron chi connectivity index (χ0n) is 12.6. The molecule has 1 atom stereocenters. The minimum absolute atomic E-state index is 0.305. The van der Waals surface area contributed by atoms with Gasteiger partial charge in [0.05, 0.1) is 0 Å². The molecule has 0 aromatic heterocycles. The van der Waals surface area contributed by atoms with E-state index in [0.717, 1.165) is 5.56 Å². The third-order valence-electron chi connectivity index (χ3n) is 4.28. The topological polar surface area (TPSA) is 17.1 Å². The molecule has 1 unspecified atom stereocenters. The number of carbonyl (C=O) groups excluding carboxylic acids is 1. The van der Waals surface area contributed by atoms with Crippen molar-refractivity contribution in [2.24, 2.45) is 5.92 Å². The molecule has 1 nitrogen and oxygen atoms in total. The van der Waals surface area contributed by atoms with Gasteiger partial charge in [0, 0.05) is 12.0 Å². The highest BCUT2D eigenvalue weighted by atomic mass is 16.1. The summed E-state index contributed by atoms with van der Waals surface area (Å²) in [6, 6.07) is 9.74. The monoisotopic (exact) mass is 270 g/mol. The van der Waals surface area contributed by atoms with Gasteiger partial charge in [0.2, 0.25) is 0 Å². The lowest BCUT2D eigenvalue weighted by molar-refractivity contribution is 0.0962. The van der Waals surface area contributed by atoms with Crippen molar-refractivity contribution in [3.8, 4) is 0 Å². The standard InChI is InChI=1S/C19H26O/c1-2-3-5-10-16-11-8-9-14-18(16)15-19(20)17-12-6-4-7-13-17/h4,6-7,10,12-13,18H,2-3,5,8-9,11,14-15H2,1H3/b16-10+. The number of carbonyl (C=O) groups is 1. The van der Waals surface area contributed by atoms with E-state index in [1.807, 2.05) is 30.3 Å². The summed E-state index contributed by atoms with van der Waals surface area (Å²) in [7, 11) is 0. The fourth-order valence-electron chi connectivity index (χ4n) is 3.07. The predicted molar refractivity (Wildman–Crippen MR) is 85.0 cm³/mol. The Labute approximate surface area is 123 Å². The van der Waals surface area contributed by atoms with Gasteiger partial charge in [-0.2, -0.15) is 0 Å². The molecule has 2 rings (SSSR count). The molecule has 108 valence electrons. The van der Waals surface area contributed by atoms with Crippen LogP contribution in [0.15, 0.2) is 42.0 Å². The van der Waals surface area contributed by atoms with Gasteiger partial charge in [-0.05, 0) is 31.6 Å². The van der Waals surface area contributed by atoms with Crippen LogP contribution in [0.1, 0.15) is 68.6 Å². The van der Waals surface area contributed by atoms with E-state index in [1.54, 1.807) is 5.57 Å². The van der Waals surface area contributed by atoms with Crippen molar-refractivity contribution in [2.45, 2.75) is 58.3 Å². The van der Waals surface area contributed by atoms with Crippen molar-refractivity contribution < 1.29 is 4.79 Å². The molecule has 1 aromatic rings. The minimum atomic E-state index is 0.305. The molecule has 0 N–H and O–H groups in total. The normalized spacial score (nSPS) is 21.1. The van der Waals surface area contributed by atoms with E-state index in [1.165, 1.54) is 44.9 Å². The number of benzene rings is 1. The van der Waals surface area contributed by atoms with Crippen LogP contribution in [0, 0.1) is 5.92 Å². The van der Waals surface area contributed by atoms with Crippen LogP contribution in [0.25, 0.3) is 0 Å². The Kier molecular flexibility index (Phi) is 6.04. The van der Waals surface area contributed by atoms with Gasteiger partial charge in [0.1, 0.15) is 0 Å². The van der Waals surface area contributed by atoms with E-state index < -0.39 is 0 Å². The molecule has 0 radical (unpaired) electrons. The molecule has 20 heavy (non-hydrogen) atoms. The maximum atomic E-state index is 12.4. The second-order valence-electron chi connectivity index (χ2n) is 5.86. The zero-order chi connectivity index (χ0) is 14.2. The maximum absolute atomic E-state index is 12.4. The Morgan fingerprint density at radius 2 is 2.05 bits per heavy atom. The first-order valence-corrected chi connectivity index (χ1v) is 8.08. The average molecular weight is 270 g/mol. The highest BCUT2D eigenvalue weighted by molar-refractivity contribution is 5.96. The number of hydrogen-bond acceptors (Lipinski definition) is 1. The highest BCUT2D eigenvalue weighted by Crippen LogP contribution is 2.33. The number of allylic oxidation sites excluding steroid dienone is 2. The van der Waals surface area contributed by atoms with Gasteiger partial charge < -0.3 is 0 Å². The second kappa shape index (κ2) is 8.04. The Morgan fingerprint density at radius 1 is 1.25 bits per heavy atom. The minimum Gasteiger partial charge on any atom is -0.294 e. The maximum Gasteiger partial charge on any atom is 0.163 e. The summed E-state index contributed by atoms with van der Waals surface area (Å²) < 4.78 is 0. The smallest absolute Gasteiger partial charge is 0.163 e. The Balaban J connectivity index is 1.98. The van der Waals surface area contributed by atoms with Crippen LogP contribution in [-0.2, 0) is 0 Å². The Bertz CT molecular complexity index is 444. The summed E-state index contributed by atoms with van der Waals surface area (Å²) in [5.74, 6) is 0.798. The molecular formula is C19H26O. The van der Waals surface area contributed by atoms with Crippen LogP contribution in [0.5, 0.6) is 0 Å². The van der Waals surface area contributed by atoms with Gasteiger partial charge in [-0.3, -0.25) is 4.79 Å². The molecule has 0 spiro atoms. The van der Waals surface area contributed by atoms with Crippen LogP contribution in [0.4, 0.5) is 0 Å². The summed E-state index contributed by atoms with van der Waals surface area (Å²) in [5.41, 5.74) is 2.42. The second-order valence-corrected chi connectivity index (χ2v) is 5.86. The number of unbranched alkanes of at least 4 members (excludes halogenated alkanes) is 2. The van der Waals surface area contributed by atoms with Crippen LogP contribution in [0.2, 0.25) is 0 Å². The van der Waals surface area contributed by atoms with Crippen LogP contribution in [0.3, 0.4) is 0 Å². The first-order chi connectivity index (χ1) is 9.81. The molecule has 0 bridgehead atoms. The van der Waals surface area contributed by atoms with E-state index in [2.05, 4.69) is 13.0 Å². The highest BCUT2D eigenvalue weighted by Gasteiger charge is 2.21. The molecule has 0 heterocycles. The van der Waals surface area contributed by atoms with Crippen LogP contribution in [-0.4, -0.2) is 5.78 Å². The largest absolute Gasteiger partial charge is 0.294 e. The van der Waals surface area contributed by atoms with Crippen molar-refractivity contribution in [3.05, 3.63) is 47.5 Å². The third kappa shape index (κ3) is 4.33. The summed E-state index contributed by atoms with van der Waals surface area (Å²) in [4.78, 5) is 12.4. The van der Waals surface area contributed by atoms with E-state index in [-0.39, 0.29) is 0 Å². The molecule has 0 amide bonds. The lowest BCUT2D eigenvalue weighted by Gasteiger charge is -2.25. The molecule has 0 saturated heterocycles. The van der Waals surface area contributed by atoms with E-state index >= 15 is 0 Å². The summed E-state index contributed by atoms with van der Waals surface area (Å²) in [5, 5.41) is 0. The zero-order valence-corrected chi connectivity index (χ0v) is 12.6. The van der Waals surface area contributed by atoms with Gasteiger partial charge >= 0.3 is 0 Å². The predicted octanol–water partition coefficient (Wildman–Crippen LogP) is 5.57. The number of rotatable bonds is 6. The summed E-state index contributed by atoms with van der Waals surface area (Å²) in [6.07, 6.45) is 11.8. The molecule has 1 fully saturated rings. The lowest BCUT2D eigenvalue weighted by atomic mass is 9.80. The Hall–Kier alpha value is -1.37. The van der Waals surface area contributed by atoms with E-state index in [4.69, 9.17) is 0 Å². The van der Waals surface area contributed by atoms with Crippen molar-refractivity contribution in [3.63, 3.8) is 0 Å². The van der Waals surface area contributed by atoms with Gasteiger partial charge in [0.15, 0.2) is 5.78 Å². The van der Waals surface area contributed by atoms with Gasteiger partial charge in [-0.25, -0.2) is 0 Å². The first-order valence-electron chi connectivity index (χ1n) is 8.08. The molecule has 1 aliphatic carbocycles. The van der Waals surface area contributed by atoms with Gasteiger partial charge in [-0.1, -0.05) is 68.2 Å². The van der Waals surface area contributed by atoms with E-state index in [9.17, 15) is 4.79 Å². The Morgan fingerprint density at radius 3 is 2.80 bits per heavy atom. The van der Waals surface area contributed by atoms with Gasteiger partial charge in [0.25, 0.3) is 0 Å². The van der Waals surface area contributed by atoms with Gasteiger partial charge in [-0.15, -0.1) is 0 Å². The average Bonchev–Trinajstić information content (AvgIpc) is 2.50. The number of Topliss-reactive ketones (excluding diaryl/α,β-unsaturated/α-hetero) is 1. The fraction of sp³-hybridized carbons (Fsp3) is 0.526. The van der Waals surface area contributed by atoms with Crippen molar-refractivity contribution in [1.82, 2.24) is 0 Å². The van der Waals surface area contributed by atoms with E-state index in [0.29, 0.717) is 18.1 Å². The fourth-order valence-corrected chi connectivity index (χ4v) is 3.07. The lowest BCUT2D eigenvalue weighted by Crippen LogP contribution is -2.15. The third-order valence-corrected chi connectivity index (χ3v) is 4.28. The first kappa shape index (κ1) is 15.0. The quantitative estimate of drug-likeness (QED) is 0.375. The van der Waals surface area contributed by atoms with Crippen LogP contribution < -0.4 is 0 Å². The summed E-state index contributed by atoms with van der Waals surface area (Å²) in [6.45, 7) is 2.23. The van der Waals surface area contributed by atoms with Crippen molar-refractivity contribution in [1.29, 1.82) is 0 Å². The molecule has 0 aliphatic heterocycles. The molecular weight excluding hydrogens is 244 g/mol. The van der Waals surface area contributed by atoms with Crippen LogP contribution >= 0.6 is 0 Å². The number of ketones is 1. The number of hydrogen-bond donors (Lipinski definition) is 0. The molecule has 1 heteroatoms. The molecule has 1 saturated carbocycles. The molecule has 1 aliphatic rings. The summed E-state index contributed by atoms with van der Waals surface area (Å²) >= 11 is 0. The van der Waals surface area contributed by atoms with Crippen molar-refractivity contribution >= 4 is 5.78 Å². The molecule has 1 aromatic carbocycles.